The summed E-state index contributed by atoms with van der Waals surface area (Å²) in [5, 5.41) is 10.2. The standard InChI is InChI=1S/C15H32O/c1-6-9-10-13(7-2)14(16)11-12-15(4,5)8-3/h13-14,16H,6-12H2,1-5H3. The quantitative estimate of drug-likeness (QED) is 0.602. The summed E-state index contributed by atoms with van der Waals surface area (Å²) in [6.07, 6.45) is 8.05. The van der Waals surface area contributed by atoms with Gasteiger partial charge in [-0.05, 0) is 30.6 Å². The van der Waals surface area contributed by atoms with E-state index >= 15 is 0 Å². The van der Waals surface area contributed by atoms with Crippen molar-refractivity contribution in [2.24, 2.45) is 11.3 Å². The Morgan fingerprint density at radius 1 is 1.06 bits per heavy atom. The summed E-state index contributed by atoms with van der Waals surface area (Å²) >= 11 is 0. The number of hydrogen-bond donors (Lipinski definition) is 1. The number of aliphatic hydroxyl groups excluding tert-OH is 1. The molecule has 0 aromatic rings. The Morgan fingerprint density at radius 3 is 2.12 bits per heavy atom. The van der Waals surface area contributed by atoms with Crippen LogP contribution >= 0.6 is 0 Å². The molecule has 0 radical (unpaired) electrons. The van der Waals surface area contributed by atoms with Crippen LogP contribution in [-0.4, -0.2) is 11.2 Å². The van der Waals surface area contributed by atoms with Crippen molar-refractivity contribution in [2.75, 3.05) is 0 Å². The number of aliphatic hydroxyl groups is 1. The Balaban J connectivity index is 3.96. The average Bonchev–Trinajstić information content (AvgIpc) is 2.27. The lowest BCUT2D eigenvalue weighted by Gasteiger charge is -2.27. The van der Waals surface area contributed by atoms with E-state index in [0.29, 0.717) is 11.3 Å². The Hall–Kier alpha value is -0.0400. The maximum Gasteiger partial charge on any atom is 0.0568 e. The van der Waals surface area contributed by atoms with Gasteiger partial charge in [-0.2, -0.15) is 0 Å². The van der Waals surface area contributed by atoms with Crippen LogP contribution in [0.1, 0.15) is 79.6 Å². The van der Waals surface area contributed by atoms with Crippen molar-refractivity contribution in [3.05, 3.63) is 0 Å². The largest absolute Gasteiger partial charge is 0.393 e. The molecule has 1 heteroatoms. The summed E-state index contributed by atoms with van der Waals surface area (Å²) in [5.74, 6) is 0.521. The first kappa shape index (κ1) is 16.0. The van der Waals surface area contributed by atoms with Gasteiger partial charge in [0.2, 0.25) is 0 Å². The van der Waals surface area contributed by atoms with E-state index in [2.05, 4.69) is 34.6 Å². The highest BCUT2D eigenvalue weighted by Crippen LogP contribution is 2.29. The van der Waals surface area contributed by atoms with Gasteiger partial charge in [-0.1, -0.05) is 60.3 Å². The average molecular weight is 228 g/mol. The fourth-order valence-electron chi connectivity index (χ4n) is 2.09. The molecule has 0 aromatic carbocycles. The van der Waals surface area contributed by atoms with E-state index < -0.39 is 0 Å². The van der Waals surface area contributed by atoms with Gasteiger partial charge in [-0.15, -0.1) is 0 Å². The van der Waals surface area contributed by atoms with E-state index in [1.54, 1.807) is 0 Å². The minimum atomic E-state index is -0.0811. The molecule has 0 aliphatic carbocycles. The lowest BCUT2D eigenvalue weighted by molar-refractivity contribution is 0.0760. The molecule has 0 amide bonds. The Labute approximate surface area is 103 Å². The third kappa shape index (κ3) is 6.52. The molecule has 98 valence electrons. The summed E-state index contributed by atoms with van der Waals surface area (Å²) < 4.78 is 0. The highest BCUT2D eigenvalue weighted by atomic mass is 16.3. The van der Waals surface area contributed by atoms with Crippen LogP contribution in [0.2, 0.25) is 0 Å². The van der Waals surface area contributed by atoms with Crippen molar-refractivity contribution in [3.8, 4) is 0 Å². The SMILES string of the molecule is CCCCC(CC)C(O)CCC(C)(C)CC. The molecule has 16 heavy (non-hydrogen) atoms. The summed E-state index contributed by atoms with van der Waals surface area (Å²) in [5.41, 5.74) is 0.393. The monoisotopic (exact) mass is 228 g/mol. The molecular weight excluding hydrogens is 196 g/mol. The molecule has 0 rings (SSSR count). The third-order valence-corrected chi connectivity index (χ3v) is 4.07. The fraction of sp³-hybridized carbons (Fsp3) is 1.00. The molecule has 0 aromatic heterocycles. The van der Waals surface area contributed by atoms with E-state index in [0.717, 1.165) is 19.3 Å². The van der Waals surface area contributed by atoms with Gasteiger partial charge >= 0.3 is 0 Å². The summed E-state index contributed by atoms with van der Waals surface area (Å²) in [6.45, 7) is 11.3. The van der Waals surface area contributed by atoms with E-state index in [-0.39, 0.29) is 6.10 Å². The van der Waals surface area contributed by atoms with Gasteiger partial charge in [0.1, 0.15) is 0 Å². The molecule has 2 atom stereocenters. The lowest BCUT2D eigenvalue weighted by atomic mass is 9.81. The van der Waals surface area contributed by atoms with Crippen LogP contribution in [0.5, 0.6) is 0 Å². The Morgan fingerprint density at radius 2 is 1.69 bits per heavy atom. The molecule has 0 spiro atoms. The van der Waals surface area contributed by atoms with E-state index in [4.69, 9.17) is 0 Å². The predicted molar refractivity (Wildman–Crippen MR) is 72.6 cm³/mol. The molecule has 0 saturated carbocycles. The van der Waals surface area contributed by atoms with E-state index in [1.807, 2.05) is 0 Å². The number of hydrogen-bond acceptors (Lipinski definition) is 1. The van der Waals surface area contributed by atoms with Crippen LogP contribution < -0.4 is 0 Å². The summed E-state index contributed by atoms with van der Waals surface area (Å²) in [4.78, 5) is 0. The van der Waals surface area contributed by atoms with Crippen LogP contribution in [0.15, 0.2) is 0 Å². The second kappa shape index (κ2) is 8.11. The Kier molecular flexibility index (Phi) is 8.09. The van der Waals surface area contributed by atoms with Crippen LogP contribution in [0.4, 0.5) is 0 Å². The van der Waals surface area contributed by atoms with Crippen molar-refractivity contribution in [2.45, 2.75) is 85.7 Å². The highest BCUT2D eigenvalue weighted by molar-refractivity contribution is 4.73. The highest BCUT2D eigenvalue weighted by Gasteiger charge is 2.21. The minimum absolute atomic E-state index is 0.0811. The first-order valence-electron chi connectivity index (χ1n) is 7.14. The summed E-state index contributed by atoms with van der Waals surface area (Å²) in [7, 11) is 0. The number of unbranched alkanes of at least 4 members (excludes halogenated alkanes) is 1. The smallest absolute Gasteiger partial charge is 0.0568 e. The van der Waals surface area contributed by atoms with Crippen molar-refractivity contribution >= 4 is 0 Å². The molecule has 0 heterocycles. The molecule has 1 nitrogen and oxygen atoms in total. The third-order valence-electron chi connectivity index (χ3n) is 4.07. The summed E-state index contributed by atoms with van der Waals surface area (Å²) in [6, 6.07) is 0. The molecule has 1 N–H and O–H groups in total. The van der Waals surface area contributed by atoms with Gasteiger partial charge in [-0.25, -0.2) is 0 Å². The topological polar surface area (TPSA) is 20.2 Å². The molecule has 0 fully saturated rings. The lowest BCUT2D eigenvalue weighted by Crippen LogP contribution is -2.22. The first-order valence-corrected chi connectivity index (χ1v) is 7.14. The van der Waals surface area contributed by atoms with Crippen LogP contribution in [-0.2, 0) is 0 Å². The molecule has 0 saturated heterocycles. The maximum atomic E-state index is 10.2. The van der Waals surface area contributed by atoms with E-state index in [9.17, 15) is 5.11 Å². The zero-order valence-electron chi connectivity index (χ0n) is 12.1. The second-order valence-electron chi connectivity index (χ2n) is 5.93. The van der Waals surface area contributed by atoms with Crippen molar-refractivity contribution in [3.63, 3.8) is 0 Å². The number of rotatable bonds is 9. The van der Waals surface area contributed by atoms with Gasteiger partial charge in [-0.3, -0.25) is 0 Å². The second-order valence-corrected chi connectivity index (χ2v) is 5.93. The van der Waals surface area contributed by atoms with Crippen molar-refractivity contribution < 1.29 is 5.11 Å². The van der Waals surface area contributed by atoms with Crippen LogP contribution in [0, 0.1) is 11.3 Å². The zero-order valence-corrected chi connectivity index (χ0v) is 12.1. The van der Waals surface area contributed by atoms with Gasteiger partial charge < -0.3 is 5.11 Å². The molecule has 0 aliphatic rings. The normalized spacial score (nSPS) is 16.1. The Bertz CT molecular complexity index is 163. The van der Waals surface area contributed by atoms with Gasteiger partial charge in [0.05, 0.1) is 6.10 Å². The molecule has 0 bridgehead atoms. The van der Waals surface area contributed by atoms with Gasteiger partial charge in [0.15, 0.2) is 0 Å². The fourth-order valence-corrected chi connectivity index (χ4v) is 2.09. The van der Waals surface area contributed by atoms with Crippen molar-refractivity contribution in [1.82, 2.24) is 0 Å². The van der Waals surface area contributed by atoms with Gasteiger partial charge in [0.25, 0.3) is 0 Å². The minimum Gasteiger partial charge on any atom is -0.393 e. The molecular formula is C15H32O. The maximum absolute atomic E-state index is 10.2. The van der Waals surface area contributed by atoms with Crippen LogP contribution in [0.3, 0.4) is 0 Å². The van der Waals surface area contributed by atoms with Crippen molar-refractivity contribution in [1.29, 1.82) is 0 Å². The zero-order chi connectivity index (χ0) is 12.6. The van der Waals surface area contributed by atoms with Gasteiger partial charge in [0, 0.05) is 0 Å². The predicted octanol–water partition coefficient (Wildman–Crippen LogP) is 4.78. The molecule has 2 unspecified atom stereocenters. The first-order chi connectivity index (χ1) is 7.46. The molecule has 0 aliphatic heterocycles. The van der Waals surface area contributed by atoms with E-state index in [1.165, 1.54) is 25.7 Å². The van der Waals surface area contributed by atoms with Crippen LogP contribution in [0.25, 0.3) is 0 Å².